The van der Waals surface area contributed by atoms with Gasteiger partial charge in [-0.15, -0.1) is 11.3 Å². The summed E-state index contributed by atoms with van der Waals surface area (Å²) in [4.78, 5) is 3.50. The van der Waals surface area contributed by atoms with Crippen LogP contribution in [0.4, 0.5) is 4.39 Å². The highest BCUT2D eigenvalue weighted by molar-refractivity contribution is 7.89. The predicted molar refractivity (Wildman–Crippen MR) is 83.3 cm³/mol. The standard InChI is InChI=1S/C12H12FN3O2S3/c13-9-2-1-3-10(11(9)12(14)19)21(17,18)16-5-4-8-6-20-7-15-8/h1-3,6-7,16H,4-5H2,(H2,14,19). The van der Waals surface area contributed by atoms with E-state index in [4.69, 9.17) is 18.0 Å². The van der Waals surface area contributed by atoms with Crippen LogP contribution < -0.4 is 10.5 Å². The van der Waals surface area contributed by atoms with Crippen LogP contribution in [0, 0.1) is 5.82 Å². The second-order valence-corrected chi connectivity index (χ2v) is 7.00. The third kappa shape index (κ3) is 3.82. The number of thiocarbonyl (C=S) groups is 1. The lowest BCUT2D eigenvalue weighted by Gasteiger charge is -2.11. The lowest BCUT2D eigenvalue weighted by atomic mass is 10.2. The van der Waals surface area contributed by atoms with Gasteiger partial charge in [-0.25, -0.2) is 22.5 Å². The fourth-order valence-corrected chi connectivity index (χ4v) is 3.84. The van der Waals surface area contributed by atoms with E-state index in [2.05, 4.69) is 9.71 Å². The van der Waals surface area contributed by atoms with Gasteiger partial charge in [-0.2, -0.15) is 0 Å². The summed E-state index contributed by atoms with van der Waals surface area (Å²) in [7, 11) is -3.89. The fraction of sp³-hybridized carbons (Fsp3) is 0.167. The number of aromatic nitrogens is 1. The molecule has 0 aliphatic rings. The summed E-state index contributed by atoms with van der Waals surface area (Å²) in [6.07, 6.45) is 0.445. The van der Waals surface area contributed by atoms with Crippen molar-refractivity contribution < 1.29 is 12.8 Å². The highest BCUT2D eigenvalue weighted by Gasteiger charge is 2.22. The van der Waals surface area contributed by atoms with Crippen molar-refractivity contribution in [3.8, 4) is 0 Å². The van der Waals surface area contributed by atoms with Crippen molar-refractivity contribution in [3.05, 3.63) is 46.2 Å². The fourth-order valence-electron chi connectivity index (χ4n) is 1.72. The topological polar surface area (TPSA) is 85.1 Å². The highest BCUT2D eigenvalue weighted by Crippen LogP contribution is 2.18. The Morgan fingerprint density at radius 1 is 1.48 bits per heavy atom. The third-order valence-electron chi connectivity index (χ3n) is 2.67. The SMILES string of the molecule is NC(=S)c1c(F)cccc1S(=O)(=O)NCCc1cscn1. The van der Waals surface area contributed by atoms with Gasteiger partial charge in [0.2, 0.25) is 10.0 Å². The first-order valence-electron chi connectivity index (χ1n) is 5.87. The summed E-state index contributed by atoms with van der Waals surface area (Å²) in [6, 6.07) is 3.68. The van der Waals surface area contributed by atoms with Crippen LogP contribution in [0.1, 0.15) is 11.3 Å². The van der Waals surface area contributed by atoms with Crippen LogP contribution in [-0.2, 0) is 16.4 Å². The Hall–Kier alpha value is -1.42. The molecule has 21 heavy (non-hydrogen) atoms. The Morgan fingerprint density at radius 3 is 2.86 bits per heavy atom. The number of nitrogens with one attached hydrogen (secondary N) is 1. The molecule has 0 radical (unpaired) electrons. The molecule has 3 N–H and O–H groups in total. The van der Waals surface area contributed by atoms with Gasteiger partial charge in [0.25, 0.3) is 0 Å². The van der Waals surface area contributed by atoms with Crippen LogP contribution in [0.3, 0.4) is 0 Å². The molecule has 2 aromatic rings. The molecule has 1 aromatic carbocycles. The van der Waals surface area contributed by atoms with Crippen molar-refractivity contribution >= 4 is 38.6 Å². The van der Waals surface area contributed by atoms with Crippen molar-refractivity contribution in [2.24, 2.45) is 5.73 Å². The molecule has 112 valence electrons. The van der Waals surface area contributed by atoms with Crippen LogP contribution in [0.25, 0.3) is 0 Å². The number of benzene rings is 1. The zero-order valence-corrected chi connectivity index (χ0v) is 13.2. The molecule has 1 aromatic heterocycles. The third-order valence-corrected chi connectivity index (χ3v) is 5.01. The Balaban J connectivity index is 2.20. The molecule has 0 atom stereocenters. The van der Waals surface area contributed by atoms with Crippen LogP contribution in [-0.4, -0.2) is 24.9 Å². The largest absolute Gasteiger partial charge is 0.389 e. The molecule has 9 heteroatoms. The maximum Gasteiger partial charge on any atom is 0.241 e. The molecule has 2 rings (SSSR count). The van der Waals surface area contributed by atoms with Gasteiger partial charge >= 0.3 is 0 Å². The van der Waals surface area contributed by atoms with E-state index in [0.717, 1.165) is 11.8 Å². The van der Waals surface area contributed by atoms with Crippen molar-refractivity contribution in [1.82, 2.24) is 9.71 Å². The second-order valence-electron chi connectivity index (χ2n) is 4.10. The van der Waals surface area contributed by atoms with Crippen molar-refractivity contribution in [2.45, 2.75) is 11.3 Å². The van der Waals surface area contributed by atoms with Gasteiger partial charge in [-0.05, 0) is 12.1 Å². The van der Waals surface area contributed by atoms with Gasteiger partial charge in [0, 0.05) is 18.3 Å². The molecule has 0 fully saturated rings. The lowest BCUT2D eigenvalue weighted by Crippen LogP contribution is -2.29. The molecule has 0 amide bonds. The number of hydrogen-bond donors (Lipinski definition) is 2. The molecule has 0 bridgehead atoms. The zero-order chi connectivity index (χ0) is 15.5. The molecule has 5 nitrogen and oxygen atoms in total. The van der Waals surface area contributed by atoms with E-state index in [1.807, 2.05) is 5.38 Å². The maximum absolute atomic E-state index is 13.7. The minimum absolute atomic E-state index is 0.152. The van der Waals surface area contributed by atoms with Crippen LogP contribution in [0.15, 0.2) is 34.0 Å². The first-order chi connectivity index (χ1) is 9.92. The average molecular weight is 345 g/mol. The maximum atomic E-state index is 13.7. The Morgan fingerprint density at radius 2 is 2.24 bits per heavy atom. The first kappa shape index (κ1) is 16.0. The number of halogens is 1. The summed E-state index contributed by atoms with van der Waals surface area (Å²) < 4.78 is 40.6. The van der Waals surface area contributed by atoms with Crippen LogP contribution in [0.5, 0.6) is 0 Å². The normalized spacial score (nSPS) is 11.5. The van der Waals surface area contributed by atoms with Crippen molar-refractivity contribution in [1.29, 1.82) is 0 Å². The van der Waals surface area contributed by atoms with Gasteiger partial charge < -0.3 is 5.73 Å². The number of thiazole rings is 1. The molecular weight excluding hydrogens is 333 g/mol. The highest BCUT2D eigenvalue weighted by atomic mass is 32.2. The lowest BCUT2D eigenvalue weighted by molar-refractivity contribution is 0.577. The molecule has 0 saturated heterocycles. The Kier molecular flexibility index (Phi) is 4.99. The molecule has 0 saturated carbocycles. The van der Waals surface area contributed by atoms with E-state index in [1.54, 1.807) is 5.51 Å². The van der Waals surface area contributed by atoms with Gasteiger partial charge in [0.05, 0.1) is 21.7 Å². The Labute approximate surface area is 131 Å². The number of nitrogens with zero attached hydrogens (tertiary/aromatic N) is 1. The zero-order valence-electron chi connectivity index (χ0n) is 10.7. The molecule has 0 unspecified atom stereocenters. The average Bonchev–Trinajstić information content (AvgIpc) is 2.91. The summed E-state index contributed by atoms with van der Waals surface area (Å²) >= 11 is 6.15. The van der Waals surface area contributed by atoms with Crippen molar-refractivity contribution in [3.63, 3.8) is 0 Å². The smallest absolute Gasteiger partial charge is 0.241 e. The summed E-state index contributed by atoms with van der Waals surface area (Å²) in [5, 5.41) is 1.83. The van der Waals surface area contributed by atoms with Gasteiger partial charge in [-0.1, -0.05) is 18.3 Å². The molecule has 0 aliphatic heterocycles. The molecule has 1 heterocycles. The number of hydrogen-bond acceptors (Lipinski definition) is 5. The van der Waals surface area contributed by atoms with E-state index in [0.29, 0.717) is 6.42 Å². The van der Waals surface area contributed by atoms with Crippen LogP contribution >= 0.6 is 23.6 Å². The number of sulfonamides is 1. The monoisotopic (exact) mass is 345 g/mol. The Bertz CT molecular complexity index is 745. The van der Waals surface area contributed by atoms with Crippen LogP contribution in [0.2, 0.25) is 0 Å². The predicted octanol–water partition coefficient (Wildman–Crippen LogP) is 1.44. The molecular formula is C12H12FN3O2S3. The van der Waals surface area contributed by atoms with E-state index >= 15 is 0 Å². The molecule has 0 spiro atoms. The van der Waals surface area contributed by atoms with E-state index < -0.39 is 15.8 Å². The summed E-state index contributed by atoms with van der Waals surface area (Å²) in [5.74, 6) is -0.759. The van der Waals surface area contributed by atoms with Gasteiger partial charge in [0.1, 0.15) is 10.8 Å². The van der Waals surface area contributed by atoms with E-state index in [9.17, 15) is 12.8 Å². The first-order valence-corrected chi connectivity index (χ1v) is 8.70. The minimum atomic E-state index is -3.89. The second kappa shape index (κ2) is 6.56. The summed E-state index contributed by atoms with van der Waals surface area (Å²) in [5.41, 5.74) is 7.60. The number of nitrogens with two attached hydrogens (primary N) is 1. The van der Waals surface area contributed by atoms with Gasteiger partial charge in [0.15, 0.2) is 0 Å². The quantitative estimate of drug-likeness (QED) is 0.774. The van der Waals surface area contributed by atoms with E-state index in [-0.39, 0.29) is 22.0 Å². The van der Waals surface area contributed by atoms with Crippen molar-refractivity contribution in [2.75, 3.05) is 6.54 Å². The summed E-state index contributed by atoms with van der Waals surface area (Å²) in [6.45, 7) is 0.152. The molecule has 0 aliphatic carbocycles. The number of rotatable bonds is 6. The van der Waals surface area contributed by atoms with Gasteiger partial charge in [-0.3, -0.25) is 0 Å². The van der Waals surface area contributed by atoms with E-state index in [1.165, 1.54) is 23.5 Å². The minimum Gasteiger partial charge on any atom is -0.389 e.